The van der Waals surface area contributed by atoms with Crippen molar-refractivity contribution in [2.24, 2.45) is 0 Å². The zero-order valence-electron chi connectivity index (χ0n) is 9.99. The third-order valence-corrected chi connectivity index (χ3v) is 2.48. The summed E-state index contributed by atoms with van der Waals surface area (Å²) in [6.07, 6.45) is 0. The SMILES string of the molecule is O=C(Nc1ccc(F)cc1)C(=O)c1cc(F)ccc1F. The lowest BCUT2D eigenvalue weighted by Crippen LogP contribution is -2.23. The fourth-order valence-corrected chi connectivity index (χ4v) is 1.51. The molecule has 2 rings (SSSR count). The number of halogens is 3. The van der Waals surface area contributed by atoms with Crippen molar-refractivity contribution < 1.29 is 22.8 Å². The molecule has 0 aliphatic carbocycles. The number of rotatable bonds is 3. The number of carbonyl (C=O) groups is 2. The van der Waals surface area contributed by atoms with E-state index in [0.29, 0.717) is 6.07 Å². The van der Waals surface area contributed by atoms with Crippen LogP contribution in [-0.4, -0.2) is 11.7 Å². The Balaban J connectivity index is 2.18. The molecule has 3 nitrogen and oxygen atoms in total. The van der Waals surface area contributed by atoms with Crippen LogP contribution in [0.25, 0.3) is 0 Å². The second-order valence-electron chi connectivity index (χ2n) is 3.91. The summed E-state index contributed by atoms with van der Waals surface area (Å²) >= 11 is 0. The maximum Gasteiger partial charge on any atom is 0.296 e. The highest BCUT2D eigenvalue weighted by atomic mass is 19.1. The third-order valence-electron chi connectivity index (χ3n) is 2.48. The maximum absolute atomic E-state index is 13.4. The number of anilines is 1. The fourth-order valence-electron chi connectivity index (χ4n) is 1.51. The van der Waals surface area contributed by atoms with Gasteiger partial charge in [0.25, 0.3) is 11.7 Å². The van der Waals surface area contributed by atoms with Crippen LogP contribution >= 0.6 is 0 Å². The van der Waals surface area contributed by atoms with Crippen LogP contribution in [-0.2, 0) is 4.79 Å². The van der Waals surface area contributed by atoms with E-state index in [0.717, 1.165) is 24.3 Å². The summed E-state index contributed by atoms with van der Waals surface area (Å²) in [7, 11) is 0. The van der Waals surface area contributed by atoms with Gasteiger partial charge in [-0.25, -0.2) is 13.2 Å². The summed E-state index contributed by atoms with van der Waals surface area (Å²) in [6, 6.07) is 6.89. The highest BCUT2D eigenvalue weighted by Crippen LogP contribution is 2.13. The van der Waals surface area contributed by atoms with Gasteiger partial charge in [-0.2, -0.15) is 0 Å². The Morgan fingerprint density at radius 1 is 0.850 bits per heavy atom. The number of carbonyl (C=O) groups excluding carboxylic acids is 2. The van der Waals surface area contributed by atoms with Crippen molar-refractivity contribution in [2.75, 3.05) is 5.32 Å². The highest BCUT2D eigenvalue weighted by Gasteiger charge is 2.20. The van der Waals surface area contributed by atoms with E-state index in [4.69, 9.17) is 0 Å². The van der Waals surface area contributed by atoms with E-state index >= 15 is 0 Å². The van der Waals surface area contributed by atoms with Gasteiger partial charge >= 0.3 is 0 Å². The molecule has 0 atom stereocenters. The molecule has 2 aromatic rings. The first kappa shape index (κ1) is 13.8. The number of Topliss-reactive ketones (excluding diaryl/α,β-unsaturated/α-hetero) is 1. The predicted molar refractivity (Wildman–Crippen MR) is 65.7 cm³/mol. The van der Waals surface area contributed by atoms with Crippen LogP contribution in [0, 0.1) is 17.5 Å². The second kappa shape index (κ2) is 5.56. The van der Waals surface area contributed by atoms with E-state index in [-0.39, 0.29) is 5.69 Å². The topological polar surface area (TPSA) is 46.2 Å². The molecule has 1 amide bonds. The summed E-state index contributed by atoms with van der Waals surface area (Å²) in [4.78, 5) is 23.3. The molecule has 0 heterocycles. The zero-order chi connectivity index (χ0) is 14.7. The Morgan fingerprint density at radius 3 is 2.10 bits per heavy atom. The number of benzene rings is 2. The molecule has 0 radical (unpaired) electrons. The minimum atomic E-state index is -1.22. The first-order valence-corrected chi connectivity index (χ1v) is 5.53. The van der Waals surface area contributed by atoms with Gasteiger partial charge in [-0.3, -0.25) is 9.59 Å². The smallest absolute Gasteiger partial charge is 0.296 e. The standard InChI is InChI=1S/C14H8F3NO2/c15-8-1-4-10(5-2-8)18-14(20)13(19)11-7-9(16)3-6-12(11)17/h1-7H,(H,18,20). The lowest BCUT2D eigenvalue weighted by molar-refractivity contribution is -0.112. The first-order valence-electron chi connectivity index (χ1n) is 5.53. The zero-order valence-corrected chi connectivity index (χ0v) is 9.99. The minimum absolute atomic E-state index is 0.168. The van der Waals surface area contributed by atoms with Crippen LogP contribution in [0.5, 0.6) is 0 Å². The minimum Gasteiger partial charge on any atom is -0.319 e. The van der Waals surface area contributed by atoms with E-state index in [1.165, 1.54) is 12.1 Å². The number of amides is 1. The van der Waals surface area contributed by atoms with Crippen molar-refractivity contribution >= 4 is 17.4 Å². The van der Waals surface area contributed by atoms with E-state index in [1.807, 2.05) is 0 Å². The van der Waals surface area contributed by atoms with Crippen LogP contribution in [0.2, 0.25) is 0 Å². The molecule has 1 N–H and O–H groups in total. The predicted octanol–water partition coefficient (Wildman–Crippen LogP) is 2.93. The Labute approximate surface area is 112 Å². The van der Waals surface area contributed by atoms with Gasteiger partial charge in [0.2, 0.25) is 0 Å². The maximum atomic E-state index is 13.4. The van der Waals surface area contributed by atoms with Gasteiger partial charge < -0.3 is 5.32 Å². The molecular formula is C14H8F3NO2. The fraction of sp³-hybridized carbons (Fsp3) is 0. The number of ketones is 1. The molecule has 0 saturated carbocycles. The average Bonchev–Trinajstić information content (AvgIpc) is 2.43. The van der Waals surface area contributed by atoms with Gasteiger partial charge in [0.15, 0.2) is 0 Å². The van der Waals surface area contributed by atoms with Crippen LogP contribution in [0.3, 0.4) is 0 Å². The number of hydrogen-bond donors (Lipinski definition) is 1. The molecule has 6 heteroatoms. The molecular weight excluding hydrogens is 271 g/mol. The summed E-state index contributed by atoms with van der Waals surface area (Å²) in [5, 5.41) is 2.17. The third kappa shape index (κ3) is 3.03. The molecule has 0 fully saturated rings. The molecule has 102 valence electrons. The summed E-state index contributed by atoms with van der Waals surface area (Å²) in [6.45, 7) is 0. The van der Waals surface area contributed by atoms with Crippen LogP contribution in [0.4, 0.5) is 18.9 Å². The molecule has 0 bridgehead atoms. The van der Waals surface area contributed by atoms with E-state index in [1.54, 1.807) is 0 Å². The van der Waals surface area contributed by atoms with E-state index < -0.39 is 34.7 Å². The van der Waals surface area contributed by atoms with Crippen LogP contribution < -0.4 is 5.32 Å². The largest absolute Gasteiger partial charge is 0.319 e. The summed E-state index contributed by atoms with van der Waals surface area (Å²) < 4.78 is 39.0. The molecule has 0 spiro atoms. The van der Waals surface area contributed by atoms with Crippen molar-refractivity contribution in [3.8, 4) is 0 Å². The number of nitrogens with one attached hydrogen (secondary N) is 1. The molecule has 0 aliphatic heterocycles. The van der Waals surface area contributed by atoms with E-state index in [2.05, 4.69) is 5.32 Å². The lowest BCUT2D eigenvalue weighted by atomic mass is 10.1. The van der Waals surface area contributed by atoms with Crippen LogP contribution in [0.1, 0.15) is 10.4 Å². The Morgan fingerprint density at radius 2 is 1.45 bits per heavy atom. The monoisotopic (exact) mass is 279 g/mol. The summed E-state index contributed by atoms with van der Waals surface area (Å²) in [5.74, 6) is -4.69. The Kier molecular flexibility index (Phi) is 3.84. The van der Waals surface area contributed by atoms with Crippen molar-refractivity contribution in [2.45, 2.75) is 0 Å². The molecule has 0 aliphatic rings. The summed E-state index contributed by atoms with van der Waals surface area (Å²) in [5.41, 5.74) is -0.494. The first-order chi connectivity index (χ1) is 9.47. The quantitative estimate of drug-likeness (QED) is 0.693. The molecule has 0 aromatic heterocycles. The van der Waals surface area contributed by atoms with Gasteiger partial charge in [-0.15, -0.1) is 0 Å². The van der Waals surface area contributed by atoms with Gasteiger partial charge in [-0.1, -0.05) is 0 Å². The van der Waals surface area contributed by atoms with Gasteiger partial charge in [0, 0.05) is 5.69 Å². The van der Waals surface area contributed by atoms with Crippen molar-refractivity contribution in [1.82, 2.24) is 0 Å². The van der Waals surface area contributed by atoms with Gasteiger partial charge in [0.05, 0.1) is 5.56 Å². The number of hydrogen-bond acceptors (Lipinski definition) is 2. The Hall–Kier alpha value is -2.63. The molecule has 0 unspecified atom stereocenters. The van der Waals surface area contributed by atoms with Gasteiger partial charge in [0.1, 0.15) is 17.5 Å². The normalized spacial score (nSPS) is 10.2. The highest BCUT2D eigenvalue weighted by molar-refractivity contribution is 6.46. The van der Waals surface area contributed by atoms with Crippen molar-refractivity contribution in [1.29, 1.82) is 0 Å². The van der Waals surface area contributed by atoms with Gasteiger partial charge in [-0.05, 0) is 42.5 Å². The average molecular weight is 279 g/mol. The van der Waals surface area contributed by atoms with Crippen molar-refractivity contribution in [3.05, 3.63) is 65.5 Å². The van der Waals surface area contributed by atoms with E-state index in [9.17, 15) is 22.8 Å². The van der Waals surface area contributed by atoms with Crippen LogP contribution in [0.15, 0.2) is 42.5 Å². The Bertz CT molecular complexity index is 669. The van der Waals surface area contributed by atoms with Crippen molar-refractivity contribution in [3.63, 3.8) is 0 Å². The second-order valence-corrected chi connectivity index (χ2v) is 3.91. The molecule has 20 heavy (non-hydrogen) atoms. The molecule has 0 saturated heterocycles. The lowest BCUT2D eigenvalue weighted by Gasteiger charge is -2.05. The molecule has 2 aromatic carbocycles.